The zero-order valence-corrected chi connectivity index (χ0v) is 18.7. The molecule has 2 N–H and O–H groups in total. The molecule has 4 atom stereocenters. The van der Waals surface area contributed by atoms with Crippen molar-refractivity contribution in [3.05, 3.63) is 35.9 Å². The Morgan fingerprint density at radius 1 is 1.03 bits per heavy atom. The van der Waals surface area contributed by atoms with Gasteiger partial charge in [0.1, 0.15) is 18.2 Å². The smallest absolute Gasteiger partial charge is 0.308 e. The Morgan fingerprint density at radius 3 is 2.44 bits per heavy atom. The van der Waals surface area contributed by atoms with Crippen LogP contribution in [0.1, 0.15) is 49.4 Å². The quantitative estimate of drug-likeness (QED) is 0.342. The summed E-state index contributed by atoms with van der Waals surface area (Å²) >= 11 is 0. The summed E-state index contributed by atoms with van der Waals surface area (Å²) in [6.07, 6.45) is 0.316. The van der Waals surface area contributed by atoms with Gasteiger partial charge in [-0.05, 0) is 26.2 Å². The maximum absolute atomic E-state index is 13.4. The lowest BCUT2D eigenvalue weighted by molar-refractivity contribution is -0.176. The third-order valence-electron chi connectivity index (χ3n) is 6.31. The largest absolute Gasteiger partial charge is 0.460 e. The van der Waals surface area contributed by atoms with E-state index in [1.54, 1.807) is 25.1 Å². The van der Waals surface area contributed by atoms with E-state index >= 15 is 0 Å². The number of hydrogen-bond acceptors (Lipinski definition) is 7. The zero-order valence-electron chi connectivity index (χ0n) is 18.7. The molecule has 4 rings (SSSR count). The molecule has 1 unspecified atom stereocenters. The Balaban J connectivity index is 1.51. The molecule has 0 radical (unpaired) electrons. The molecule has 1 aromatic carbocycles. The lowest BCUT2D eigenvalue weighted by atomic mass is 10.0. The average Bonchev–Trinajstić information content (AvgIpc) is 3.10. The highest BCUT2D eigenvalue weighted by Crippen LogP contribution is 2.26. The maximum Gasteiger partial charge on any atom is 0.308 e. The minimum Gasteiger partial charge on any atom is -0.460 e. The molecule has 0 aromatic heterocycles. The van der Waals surface area contributed by atoms with Crippen molar-refractivity contribution in [2.24, 2.45) is 0 Å². The number of Topliss-reactive ketones (excluding diaryl/α,β-unsaturated/α-hetero) is 1. The standard InChI is InChI=1S/C23H26N4O7/c1-13-16(12-19(29)34-13)25-21(31)17-8-5-11-26-18(28)10-9-15(23(33)27(17)26)24-22(32)20(30)14-6-3-2-4-7-14/h2-4,6-7,13,15-17H,5,8-12H2,1H3,(H,24,32)(H,25,31)/t13?,15-,16-,17-/m0/s1. The number of hydrazine groups is 1. The van der Waals surface area contributed by atoms with Gasteiger partial charge in [-0.1, -0.05) is 30.3 Å². The molecule has 11 heteroatoms. The number of ketones is 1. The number of fused-ring (bicyclic) bond motifs is 1. The van der Waals surface area contributed by atoms with E-state index < -0.39 is 53.7 Å². The lowest BCUT2D eigenvalue weighted by Crippen LogP contribution is -2.64. The first-order valence-corrected chi connectivity index (χ1v) is 11.3. The first kappa shape index (κ1) is 23.4. The number of amides is 4. The van der Waals surface area contributed by atoms with Gasteiger partial charge in [0.15, 0.2) is 0 Å². The fourth-order valence-corrected chi connectivity index (χ4v) is 4.48. The predicted octanol–water partition coefficient (Wildman–Crippen LogP) is -0.297. The molecule has 0 spiro atoms. The molecule has 11 nitrogen and oxygen atoms in total. The van der Waals surface area contributed by atoms with E-state index in [1.165, 1.54) is 17.1 Å². The molecule has 3 saturated heterocycles. The molecule has 3 fully saturated rings. The van der Waals surface area contributed by atoms with Gasteiger partial charge in [-0.2, -0.15) is 0 Å². The number of esters is 1. The van der Waals surface area contributed by atoms with Gasteiger partial charge >= 0.3 is 5.97 Å². The molecule has 3 aliphatic rings. The molecular formula is C23H26N4O7. The third kappa shape index (κ3) is 4.63. The SMILES string of the molecule is CC1OC(=O)C[C@@H]1NC(=O)[C@@H]1CCCN2C(=O)CC[C@H](NC(=O)C(=O)c3ccccc3)C(=O)N12. The van der Waals surface area contributed by atoms with Crippen molar-refractivity contribution in [2.45, 2.75) is 63.3 Å². The number of carbonyl (C=O) groups excluding carboxylic acids is 6. The van der Waals surface area contributed by atoms with Crippen molar-refractivity contribution < 1.29 is 33.5 Å². The molecule has 3 aliphatic heterocycles. The highest BCUT2D eigenvalue weighted by molar-refractivity contribution is 6.43. The van der Waals surface area contributed by atoms with Crippen LogP contribution in [0.2, 0.25) is 0 Å². The Morgan fingerprint density at radius 2 is 1.76 bits per heavy atom. The van der Waals surface area contributed by atoms with Crippen molar-refractivity contribution in [3.8, 4) is 0 Å². The predicted molar refractivity (Wildman–Crippen MR) is 116 cm³/mol. The second-order valence-electron chi connectivity index (χ2n) is 8.63. The van der Waals surface area contributed by atoms with Crippen LogP contribution in [-0.4, -0.2) is 76.2 Å². The lowest BCUT2D eigenvalue weighted by Gasteiger charge is -2.43. The Kier molecular flexibility index (Phi) is 6.62. The summed E-state index contributed by atoms with van der Waals surface area (Å²) in [4.78, 5) is 75.8. The number of nitrogens with zero attached hydrogens (tertiary/aromatic N) is 2. The van der Waals surface area contributed by atoms with Crippen LogP contribution < -0.4 is 10.6 Å². The molecule has 0 bridgehead atoms. The van der Waals surface area contributed by atoms with Gasteiger partial charge in [0.05, 0.1) is 12.5 Å². The summed E-state index contributed by atoms with van der Waals surface area (Å²) in [6, 6.07) is 5.26. The summed E-state index contributed by atoms with van der Waals surface area (Å²) in [5.41, 5.74) is 0.177. The summed E-state index contributed by atoms with van der Waals surface area (Å²) in [6.45, 7) is 1.93. The topological polar surface area (TPSA) is 142 Å². The number of nitrogens with one attached hydrogen (secondary N) is 2. The van der Waals surface area contributed by atoms with E-state index in [0.717, 1.165) is 5.01 Å². The fourth-order valence-electron chi connectivity index (χ4n) is 4.48. The van der Waals surface area contributed by atoms with Crippen LogP contribution in [0.5, 0.6) is 0 Å². The molecule has 0 saturated carbocycles. The van der Waals surface area contributed by atoms with E-state index in [0.29, 0.717) is 12.8 Å². The second-order valence-corrected chi connectivity index (χ2v) is 8.63. The first-order valence-electron chi connectivity index (χ1n) is 11.3. The third-order valence-corrected chi connectivity index (χ3v) is 6.31. The fraction of sp³-hybridized carbons (Fsp3) is 0.478. The Hall–Kier alpha value is -3.76. The summed E-state index contributed by atoms with van der Waals surface area (Å²) in [5, 5.41) is 7.56. The average molecular weight is 470 g/mol. The number of ether oxygens (including phenoxy) is 1. The molecule has 1 aromatic rings. The highest BCUT2D eigenvalue weighted by Gasteiger charge is 2.46. The van der Waals surface area contributed by atoms with E-state index in [-0.39, 0.29) is 37.3 Å². The van der Waals surface area contributed by atoms with E-state index in [4.69, 9.17) is 4.74 Å². The van der Waals surface area contributed by atoms with Crippen LogP contribution >= 0.6 is 0 Å². The number of carbonyl (C=O) groups is 6. The van der Waals surface area contributed by atoms with Crippen molar-refractivity contribution >= 4 is 35.4 Å². The molecular weight excluding hydrogens is 444 g/mol. The number of hydrogen-bond donors (Lipinski definition) is 2. The van der Waals surface area contributed by atoms with Gasteiger partial charge in [-0.25, -0.2) is 5.01 Å². The van der Waals surface area contributed by atoms with Crippen molar-refractivity contribution in [3.63, 3.8) is 0 Å². The second kappa shape index (κ2) is 9.62. The van der Waals surface area contributed by atoms with E-state index in [1.807, 2.05) is 0 Å². The monoisotopic (exact) mass is 470 g/mol. The van der Waals surface area contributed by atoms with Crippen molar-refractivity contribution in [1.29, 1.82) is 0 Å². The van der Waals surface area contributed by atoms with E-state index in [2.05, 4.69) is 10.6 Å². The first-order chi connectivity index (χ1) is 16.3. The van der Waals surface area contributed by atoms with Gasteiger partial charge in [0.25, 0.3) is 11.8 Å². The minimum absolute atomic E-state index is 0.00875. The normalized spacial score (nSPS) is 26.9. The summed E-state index contributed by atoms with van der Waals surface area (Å²) in [5.74, 6) is -3.66. The van der Waals surface area contributed by atoms with Crippen LogP contribution in [0.15, 0.2) is 30.3 Å². The van der Waals surface area contributed by atoms with Crippen LogP contribution in [0.3, 0.4) is 0 Å². The number of rotatable bonds is 5. The van der Waals surface area contributed by atoms with Gasteiger partial charge < -0.3 is 15.4 Å². The Bertz CT molecular complexity index is 1030. The van der Waals surface area contributed by atoms with Gasteiger partial charge in [0.2, 0.25) is 17.6 Å². The summed E-state index contributed by atoms with van der Waals surface area (Å²) < 4.78 is 5.07. The van der Waals surface area contributed by atoms with Crippen LogP contribution in [0.25, 0.3) is 0 Å². The number of benzene rings is 1. The van der Waals surface area contributed by atoms with Crippen molar-refractivity contribution in [2.75, 3.05) is 6.54 Å². The molecule has 180 valence electrons. The Labute approximate surface area is 195 Å². The number of cyclic esters (lactones) is 1. The minimum atomic E-state index is -1.14. The van der Waals surface area contributed by atoms with Crippen LogP contribution in [0, 0.1) is 0 Å². The zero-order chi connectivity index (χ0) is 24.4. The molecule has 4 amide bonds. The van der Waals surface area contributed by atoms with Crippen LogP contribution in [0.4, 0.5) is 0 Å². The van der Waals surface area contributed by atoms with Gasteiger partial charge in [-0.3, -0.25) is 33.8 Å². The summed E-state index contributed by atoms with van der Waals surface area (Å²) in [7, 11) is 0. The van der Waals surface area contributed by atoms with E-state index in [9.17, 15) is 28.8 Å². The molecule has 3 heterocycles. The molecule has 34 heavy (non-hydrogen) atoms. The van der Waals surface area contributed by atoms with Gasteiger partial charge in [0, 0.05) is 18.5 Å². The molecule has 0 aliphatic carbocycles. The maximum atomic E-state index is 13.4. The van der Waals surface area contributed by atoms with Gasteiger partial charge in [-0.15, -0.1) is 0 Å². The van der Waals surface area contributed by atoms with Crippen molar-refractivity contribution in [1.82, 2.24) is 20.7 Å². The highest BCUT2D eigenvalue weighted by atomic mass is 16.6. The van der Waals surface area contributed by atoms with Crippen LogP contribution in [-0.2, 0) is 28.7 Å².